The monoisotopic (exact) mass is 247 g/mol. The van der Waals surface area contributed by atoms with Crippen molar-refractivity contribution < 1.29 is 4.79 Å². The highest BCUT2D eigenvalue weighted by molar-refractivity contribution is 5.95. The van der Waals surface area contributed by atoms with Gasteiger partial charge in [-0.05, 0) is 36.8 Å². The average Bonchev–Trinajstić information content (AvgIpc) is 3.13. The average molecular weight is 247 g/mol. The van der Waals surface area contributed by atoms with Crippen molar-refractivity contribution in [1.29, 1.82) is 0 Å². The number of aryl methyl sites for hydroxylation is 1. The van der Waals surface area contributed by atoms with Gasteiger partial charge in [0.25, 0.3) is 5.91 Å². The highest BCUT2D eigenvalue weighted by Gasteiger charge is 2.37. The smallest absolute Gasteiger partial charge is 0.251 e. The summed E-state index contributed by atoms with van der Waals surface area (Å²) in [7, 11) is 1.81. The predicted octanol–water partition coefficient (Wildman–Crippen LogP) is 2.22. The zero-order valence-corrected chi connectivity index (χ0v) is 11.3. The van der Waals surface area contributed by atoms with Gasteiger partial charge < -0.3 is 10.6 Å². The molecule has 2 N–H and O–H groups in total. The van der Waals surface area contributed by atoms with Crippen LogP contribution in [0.4, 0.5) is 5.82 Å². The second kappa shape index (κ2) is 4.96. The Labute approximate surface area is 108 Å². The molecule has 1 saturated carbocycles. The van der Waals surface area contributed by atoms with Crippen molar-refractivity contribution in [2.45, 2.75) is 33.1 Å². The second-order valence-corrected chi connectivity index (χ2v) is 5.33. The van der Waals surface area contributed by atoms with Crippen molar-refractivity contribution in [2.24, 2.45) is 5.41 Å². The quantitative estimate of drug-likeness (QED) is 0.838. The lowest BCUT2D eigenvalue weighted by atomic mass is 10.1. The molecule has 0 bridgehead atoms. The topological polar surface area (TPSA) is 54.0 Å². The Morgan fingerprint density at radius 3 is 2.72 bits per heavy atom. The Kier molecular flexibility index (Phi) is 3.55. The molecule has 1 aromatic rings. The number of anilines is 1. The lowest BCUT2D eigenvalue weighted by molar-refractivity contribution is 0.0946. The van der Waals surface area contributed by atoms with Gasteiger partial charge in [-0.2, -0.15) is 0 Å². The minimum Gasteiger partial charge on any atom is -0.373 e. The fraction of sp³-hybridized carbons (Fsp3) is 0.571. The van der Waals surface area contributed by atoms with Crippen molar-refractivity contribution in [3.8, 4) is 0 Å². The van der Waals surface area contributed by atoms with Gasteiger partial charge in [-0.15, -0.1) is 0 Å². The number of hydrogen-bond acceptors (Lipinski definition) is 3. The first-order valence-electron chi connectivity index (χ1n) is 6.53. The highest BCUT2D eigenvalue weighted by Crippen LogP contribution is 2.44. The van der Waals surface area contributed by atoms with Gasteiger partial charge in [-0.3, -0.25) is 4.79 Å². The summed E-state index contributed by atoms with van der Waals surface area (Å²) in [5.41, 5.74) is 1.96. The van der Waals surface area contributed by atoms with Crippen LogP contribution >= 0.6 is 0 Å². The normalized spacial score (nSPS) is 16.2. The minimum atomic E-state index is -0.00303. The van der Waals surface area contributed by atoms with Crippen molar-refractivity contribution in [3.05, 3.63) is 23.4 Å². The van der Waals surface area contributed by atoms with Crippen LogP contribution in [0.2, 0.25) is 0 Å². The number of rotatable bonds is 5. The Balaban J connectivity index is 2.08. The number of aromatic nitrogens is 1. The van der Waals surface area contributed by atoms with E-state index in [1.165, 1.54) is 12.8 Å². The van der Waals surface area contributed by atoms with Crippen LogP contribution in [0.5, 0.6) is 0 Å². The first-order chi connectivity index (χ1) is 8.56. The Hall–Kier alpha value is -1.58. The molecule has 4 nitrogen and oxygen atoms in total. The molecule has 18 heavy (non-hydrogen) atoms. The summed E-state index contributed by atoms with van der Waals surface area (Å²) < 4.78 is 0. The third-order valence-electron chi connectivity index (χ3n) is 3.54. The van der Waals surface area contributed by atoms with Gasteiger partial charge in [-0.1, -0.05) is 13.8 Å². The molecule has 1 aliphatic rings. The minimum absolute atomic E-state index is 0.00303. The van der Waals surface area contributed by atoms with Crippen LogP contribution in [0.25, 0.3) is 0 Å². The zero-order valence-electron chi connectivity index (χ0n) is 11.3. The van der Waals surface area contributed by atoms with E-state index in [9.17, 15) is 4.79 Å². The van der Waals surface area contributed by atoms with Crippen molar-refractivity contribution in [2.75, 3.05) is 18.9 Å². The van der Waals surface area contributed by atoms with E-state index in [4.69, 9.17) is 0 Å². The maximum atomic E-state index is 12.1. The molecule has 0 aromatic carbocycles. The molecule has 0 unspecified atom stereocenters. The Morgan fingerprint density at radius 2 is 2.17 bits per heavy atom. The third-order valence-corrected chi connectivity index (χ3v) is 3.54. The lowest BCUT2D eigenvalue weighted by Gasteiger charge is -2.11. The molecule has 0 aliphatic heterocycles. The molecule has 98 valence electrons. The van der Waals surface area contributed by atoms with E-state index >= 15 is 0 Å². The van der Waals surface area contributed by atoms with Crippen molar-refractivity contribution in [3.63, 3.8) is 0 Å². The standard InChI is InChI=1S/C14H21N3O/c1-4-11-7-10(8-12(15-3)17-11)13(18)16-9-14(2)5-6-14/h7-8H,4-6,9H2,1-3H3,(H,15,17)(H,16,18). The predicted molar refractivity (Wildman–Crippen MR) is 72.8 cm³/mol. The Morgan fingerprint density at radius 1 is 1.44 bits per heavy atom. The number of pyridine rings is 1. The molecule has 0 spiro atoms. The number of amides is 1. The fourth-order valence-corrected chi connectivity index (χ4v) is 1.81. The number of carbonyl (C=O) groups is 1. The molecular weight excluding hydrogens is 226 g/mol. The van der Waals surface area contributed by atoms with Gasteiger partial charge >= 0.3 is 0 Å². The largest absolute Gasteiger partial charge is 0.373 e. The third kappa shape index (κ3) is 3.00. The molecule has 1 aromatic heterocycles. The maximum Gasteiger partial charge on any atom is 0.251 e. The van der Waals surface area contributed by atoms with Gasteiger partial charge in [-0.25, -0.2) is 4.98 Å². The summed E-state index contributed by atoms with van der Waals surface area (Å²) in [5, 5.41) is 6.00. The number of carbonyl (C=O) groups excluding carboxylic acids is 1. The van der Waals surface area contributed by atoms with Crippen LogP contribution in [0.1, 0.15) is 42.7 Å². The molecule has 1 fully saturated rings. The fourth-order valence-electron chi connectivity index (χ4n) is 1.81. The van der Waals surface area contributed by atoms with E-state index in [1.807, 2.05) is 20.0 Å². The number of nitrogens with one attached hydrogen (secondary N) is 2. The van der Waals surface area contributed by atoms with Gasteiger partial charge in [0.05, 0.1) is 0 Å². The van der Waals surface area contributed by atoms with Crippen LogP contribution in [-0.2, 0) is 6.42 Å². The van der Waals surface area contributed by atoms with Crippen LogP contribution < -0.4 is 10.6 Å². The Bertz CT molecular complexity index is 430. The number of hydrogen-bond donors (Lipinski definition) is 2. The lowest BCUT2D eigenvalue weighted by Crippen LogP contribution is -2.29. The van der Waals surface area contributed by atoms with Gasteiger partial charge in [0.1, 0.15) is 5.82 Å². The summed E-state index contributed by atoms with van der Waals surface area (Å²) in [4.78, 5) is 16.5. The molecule has 0 atom stereocenters. The summed E-state index contributed by atoms with van der Waals surface area (Å²) in [6.45, 7) is 5.01. The van der Waals surface area contributed by atoms with Crippen molar-refractivity contribution >= 4 is 11.7 Å². The maximum absolute atomic E-state index is 12.1. The SMILES string of the molecule is CCc1cc(C(=O)NCC2(C)CC2)cc(NC)n1. The first kappa shape index (κ1) is 12.9. The molecule has 4 heteroatoms. The van der Waals surface area contributed by atoms with Crippen LogP contribution in [0.15, 0.2) is 12.1 Å². The number of nitrogens with zero attached hydrogens (tertiary/aromatic N) is 1. The van der Waals surface area contributed by atoms with Crippen LogP contribution in [0, 0.1) is 5.41 Å². The summed E-state index contributed by atoms with van der Waals surface area (Å²) in [6, 6.07) is 3.66. The molecule has 1 heterocycles. The zero-order chi connectivity index (χ0) is 13.2. The molecular formula is C14H21N3O. The van der Waals surface area contributed by atoms with E-state index < -0.39 is 0 Å². The summed E-state index contributed by atoms with van der Waals surface area (Å²) in [5.74, 6) is 0.744. The molecule has 1 amide bonds. The van der Waals surface area contributed by atoms with E-state index in [0.717, 1.165) is 24.5 Å². The van der Waals surface area contributed by atoms with E-state index in [0.29, 0.717) is 11.0 Å². The van der Waals surface area contributed by atoms with Crippen LogP contribution in [-0.4, -0.2) is 24.5 Å². The first-order valence-corrected chi connectivity index (χ1v) is 6.53. The van der Waals surface area contributed by atoms with Crippen molar-refractivity contribution in [1.82, 2.24) is 10.3 Å². The van der Waals surface area contributed by atoms with Gasteiger partial charge in [0.2, 0.25) is 0 Å². The molecule has 0 radical (unpaired) electrons. The highest BCUT2D eigenvalue weighted by atomic mass is 16.1. The molecule has 2 rings (SSSR count). The summed E-state index contributed by atoms with van der Waals surface area (Å²) in [6.07, 6.45) is 3.25. The molecule has 0 saturated heterocycles. The van der Waals surface area contributed by atoms with E-state index in [2.05, 4.69) is 22.5 Å². The van der Waals surface area contributed by atoms with Crippen LogP contribution in [0.3, 0.4) is 0 Å². The van der Waals surface area contributed by atoms with Gasteiger partial charge in [0.15, 0.2) is 0 Å². The second-order valence-electron chi connectivity index (χ2n) is 5.33. The van der Waals surface area contributed by atoms with E-state index in [-0.39, 0.29) is 5.91 Å². The van der Waals surface area contributed by atoms with Gasteiger partial charge in [0, 0.05) is 24.8 Å². The van der Waals surface area contributed by atoms with E-state index in [1.54, 1.807) is 6.07 Å². The molecule has 1 aliphatic carbocycles. The summed E-state index contributed by atoms with van der Waals surface area (Å²) >= 11 is 0.